The van der Waals surface area contributed by atoms with E-state index >= 15 is 0 Å². The molecule has 0 spiro atoms. The minimum atomic E-state index is 0.0834. The van der Waals surface area contributed by atoms with E-state index < -0.39 is 0 Å². The third kappa shape index (κ3) is 3.66. The number of oxime groups is 1. The second-order valence-corrected chi connectivity index (χ2v) is 4.47. The predicted molar refractivity (Wildman–Crippen MR) is 81.4 cm³/mol. The van der Waals surface area contributed by atoms with Crippen LogP contribution in [0.5, 0.6) is 17.2 Å². The zero-order valence-electron chi connectivity index (χ0n) is 12.0. The molecule has 0 unspecified atom stereocenters. The number of amidine groups is 1. The van der Waals surface area contributed by atoms with Gasteiger partial charge in [-0.2, -0.15) is 0 Å². The van der Waals surface area contributed by atoms with Crippen LogP contribution in [-0.2, 0) is 0 Å². The van der Waals surface area contributed by atoms with Crippen molar-refractivity contribution in [2.24, 2.45) is 10.9 Å². The van der Waals surface area contributed by atoms with Gasteiger partial charge in [-0.3, -0.25) is 0 Å². The van der Waals surface area contributed by atoms with Crippen LogP contribution in [0, 0.1) is 6.92 Å². The highest BCUT2D eigenvalue weighted by Gasteiger charge is 2.06. The normalized spacial score (nSPS) is 11.2. The SMILES string of the molecule is CCOc1ccc(Oc2ccc(/C(N)=N/O)c(C)c2)cc1. The molecule has 0 saturated carbocycles. The number of aryl methyl sites for hydroxylation is 1. The Morgan fingerprint density at radius 1 is 1.10 bits per heavy atom. The van der Waals surface area contributed by atoms with Crippen LogP contribution in [-0.4, -0.2) is 17.6 Å². The second kappa shape index (κ2) is 6.65. The van der Waals surface area contributed by atoms with Crippen LogP contribution in [0.15, 0.2) is 47.6 Å². The Kier molecular flexibility index (Phi) is 4.66. The van der Waals surface area contributed by atoms with Gasteiger partial charge in [0.15, 0.2) is 5.84 Å². The zero-order chi connectivity index (χ0) is 15.2. The molecule has 5 nitrogen and oxygen atoms in total. The minimum absolute atomic E-state index is 0.0834. The quantitative estimate of drug-likeness (QED) is 0.383. The molecule has 0 aromatic heterocycles. The Labute approximate surface area is 123 Å². The van der Waals surface area contributed by atoms with E-state index in [1.165, 1.54) is 0 Å². The molecule has 0 aliphatic heterocycles. The van der Waals surface area contributed by atoms with Crippen LogP contribution in [0.2, 0.25) is 0 Å². The molecule has 2 aromatic carbocycles. The first-order valence-corrected chi connectivity index (χ1v) is 6.63. The van der Waals surface area contributed by atoms with E-state index in [-0.39, 0.29) is 5.84 Å². The summed E-state index contributed by atoms with van der Waals surface area (Å²) in [6, 6.07) is 12.8. The first-order chi connectivity index (χ1) is 10.1. The molecule has 21 heavy (non-hydrogen) atoms. The summed E-state index contributed by atoms with van der Waals surface area (Å²) in [4.78, 5) is 0. The van der Waals surface area contributed by atoms with Crippen molar-refractivity contribution >= 4 is 5.84 Å². The van der Waals surface area contributed by atoms with Gasteiger partial charge >= 0.3 is 0 Å². The first kappa shape index (κ1) is 14.7. The van der Waals surface area contributed by atoms with E-state index in [4.69, 9.17) is 20.4 Å². The van der Waals surface area contributed by atoms with Crippen molar-refractivity contribution in [3.63, 3.8) is 0 Å². The molecule has 0 amide bonds. The number of nitrogens with two attached hydrogens (primary N) is 1. The topological polar surface area (TPSA) is 77.1 Å². The molecule has 0 fully saturated rings. The monoisotopic (exact) mass is 286 g/mol. The molecule has 0 atom stereocenters. The van der Waals surface area contributed by atoms with E-state index in [9.17, 15) is 0 Å². The van der Waals surface area contributed by atoms with Gasteiger partial charge in [-0.15, -0.1) is 0 Å². The van der Waals surface area contributed by atoms with E-state index in [1.54, 1.807) is 12.1 Å². The van der Waals surface area contributed by atoms with Gasteiger partial charge in [0.25, 0.3) is 0 Å². The number of nitrogens with zero attached hydrogens (tertiary/aromatic N) is 1. The third-order valence-electron chi connectivity index (χ3n) is 2.95. The van der Waals surface area contributed by atoms with Gasteiger partial charge < -0.3 is 20.4 Å². The standard InChI is InChI=1S/C16H18N2O3/c1-3-20-12-4-6-13(7-5-12)21-14-8-9-15(11(2)10-14)16(17)18-19/h4-10,19H,3H2,1-2H3,(H2,17,18). The van der Waals surface area contributed by atoms with Crippen LogP contribution in [0.25, 0.3) is 0 Å². The lowest BCUT2D eigenvalue weighted by atomic mass is 10.1. The molecule has 5 heteroatoms. The highest BCUT2D eigenvalue weighted by Crippen LogP contribution is 2.25. The Hall–Kier alpha value is -2.69. The highest BCUT2D eigenvalue weighted by atomic mass is 16.5. The van der Waals surface area contributed by atoms with Crippen LogP contribution < -0.4 is 15.2 Å². The lowest BCUT2D eigenvalue weighted by molar-refractivity contribution is 0.318. The van der Waals surface area contributed by atoms with Crippen molar-refractivity contribution in [2.75, 3.05) is 6.61 Å². The van der Waals surface area contributed by atoms with Crippen molar-refractivity contribution in [1.29, 1.82) is 0 Å². The second-order valence-electron chi connectivity index (χ2n) is 4.47. The first-order valence-electron chi connectivity index (χ1n) is 6.63. The average molecular weight is 286 g/mol. The smallest absolute Gasteiger partial charge is 0.170 e. The maximum atomic E-state index is 8.71. The largest absolute Gasteiger partial charge is 0.494 e. The summed E-state index contributed by atoms with van der Waals surface area (Å²) in [7, 11) is 0. The lowest BCUT2D eigenvalue weighted by Crippen LogP contribution is -2.14. The van der Waals surface area contributed by atoms with Crippen molar-refractivity contribution in [2.45, 2.75) is 13.8 Å². The minimum Gasteiger partial charge on any atom is -0.494 e. The molecule has 2 rings (SSSR count). The van der Waals surface area contributed by atoms with E-state index in [0.717, 1.165) is 17.1 Å². The fraction of sp³-hybridized carbons (Fsp3) is 0.188. The molecule has 0 aliphatic carbocycles. The molecule has 0 bridgehead atoms. The number of hydrogen-bond acceptors (Lipinski definition) is 4. The summed E-state index contributed by atoms with van der Waals surface area (Å²) in [5.74, 6) is 2.30. The number of benzene rings is 2. The number of hydrogen-bond donors (Lipinski definition) is 2. The number of rotatable bonds is 5. The van der Waals surface area contributed by atoms with E-state index in [2.05, 4.69) is 5.16 Å². The van der Waals surface area contributed by atoms with Crippen LogP contribution >= 0.6 is 0 Å². The summed E-state index contributed by atoms with van der Waals surface area (Å²) < 4.78 is 11.1. The maximum Gasteiger partial charge on any atom is 0.170 e. The summed E-state index contributed by atoms with van der Waals surface area (Å²) >= 11 is 0. The van der Waals surface area contributed by atoms with Crippen LogP contribution in [0.4, 0.5) is 0 Å². The lowest BCUT2D eigenvalue weighted by Gasteiger charge is -2.10. The fourth-order valence-electron chi connectivity index (χ4n) is 1.95. The summed E-state index contributed by atoms with van der Waals surface area (Å²) in [6.45, 7) is 4.45. The Balaban J connectivity index is 2.14. The zero-order valence-corrected chi connectivity index (χ0v) is 12.0. The van der Waals surface area contributed by atoms with Crippen molar-refractivity contribution in [3.8, 4) is 17.2 Å². The van der Waals surface area contributed by atoms with E-state index in [1.807, 2.05) is 44.2 Å². The predicted octanol–water partition coefficient (Wildman–Crippen LogP) is 3.28. The highest BCUT2D eigenvalue weighted by molar-refractivity contribution is 5.98. The molecule has 110 valence electrons. The summed E-state index contributed by atoms with van der Waals surface area (Å²) in [5, 5.41) is 11.7. The molecule has 3 N–H and O–H groups in total. The number of ether oxygens (including phenoxy) is 2. The molecular weight excluding hydrogens is 268 g/mol. The van der Waals surface area contributed by atoms with Gasteiger partial charge in [0.2, 0.25) is 0 Å². The third-order valence-corrected chi connectivity index (χ3v) is 2.95. The molecule has 0 saturated heterocycles. The molecule has 0 radical (unpaired) electrons. The van der Waals surface area contributed by atoms with Gasteiger partial charge in [0, 0.05) is 5.56 Å². The van der Waals surface area contributed by atoms with Gasteiger partial charge in [0.1, 0.15) is 17.2 Å². The van der Waals surface area contributed by atoms with Crippen LogP contribution in [0.3, 0.4) is 0 Å². The Morgan fingerprint density at radius 2 is 1.71 bits per heavy atom. The van der Waals surface area contributed by atoms with Crippen molar-refractivity contribution in [1.82, 2.24) is 0 Å². The van der Waals surface area contributed by atoms with Crippen LogP contribution in [0.1, 0.15) is 18.1 Å². The molecule has 0 heterocycles. The van der Waals surface area contributed by atoms with Gasteiger partial charge in [-0.25, -0.2) is 0 Å². The molecule has 2 aromatic rings. The van der Waals surface area contributed by atoms with Gasteiger partial charge in [0.05, 0.1) is 6.61 Å². The van der Waals surface area contributed by atoms with Crippen molar-refractivity contribution in [3.05, 3.63) is 53.6 Å². The maximum absolute atomic E-state index is 8.71. The Morgan fingerprint density at radius 3 is 2.29 bits per heavy atom. The molecule has 0 aliphatic rings. The average Bonchev–Trinajstić information content (AvgIpc) is 2.49. The van der Waals surface area contributed by atoms with Gasteiger partial charge in [-0.1, -0.05) is 5.16 Å². The summed E-state index contributed by atoms with van der Waals surface area (Å²) in [5.41, 5.74) is 7.13. The van der Waals surface area contributed by atoms with E-state index in [0.29, 0.717) is 17.9 Å². The summed E-state index contributed by atoms with van der Waals surface area (Å²) in [6.07, 6.45) is 0. The van der Waals surface area contributed by atoms with Crippen molar-refractivity contribution < 1.29 is 14.7 Å². The van der Waals surface area contributed by atoms with Gasteiger partial charge in [-0.05, 0) is 61.9 Å². The molecular formula is C16H18N2O3. The Bertz CT molecular complexity index is 636. The fourth-order valence-corrected chi connectivity index (χ4v) is 1.95.